The Balaban J connectivity index is 2.07. The summed E-state index contributed by atoms with van der Waals surface area (Å²) < 4.78 is 5.37. The highest BCUT2D eigenvalue weighted by Crippen LogP contribution is 2.28. The third-order valence-corrected chi connectivity index (χ3v) is 2.31. The molecule has 0 aromatic heterocycles. The summed E-state index contributed by atoms with van der Waals surface area (Å²) in [6.45, 7) is 5.58. The Labute approximate surface area is 79.9 Å². The number of hydrogen-bond acceptors (Lipinski definition) is 2. The van der Waals surface area contributed by atoms with Gasteiger partial charge in [0, 0.05) is 0 Å². The van der Waals surface area contributed by atoms with E-state index in [1.165, 1.54) is 0 Å². The molecule has 0 bridgehead atoms. The average molecular weight is 182 g/mol. The van der Waals surface area contributed by atoms with Crippen LogP contribution in [0, 0.1) is 0 Å². The minimum absolute atomic E-state index is 0.159. The number of aliphatic hydroxyl groups excluding tert-OH is 1. The molecule has 1 heterocycles. The first-order chi connectivity index (χ1) is 6.27. The minimum atomic E-state index is -0.159. The molecule has 1 aliphatic heterocycles. The van der Waals surface area contributed by atoms with E-state index in [0.717, 1.165) is 19.3 Å². The molecule has 0 aromatic carbocycles. The van der Waals surface area contributed by atoms with E-state index in [2.05, 4.69) is 6.58 Å². The van der Waals surface area contributed by atoms with Crippen molar-refractivity contribution in [3.63, 3.8) is 0 Å². The number of rotatable bonds is 6. The summed E-state index contributed by atoms with van der Waals surface area (Å²) in [4.78, 5) is 0. The summed E-state index contributed by atoms with van der Waals surface area (Å²) in [6.07, 6.45) is 8.74. The topological polar surface area (TPSA) is 32.8 Å². The van der Waals surface area contributed by atoms with E-state index in [-0.39, 0.29) is 12.2 Å². The molecule has 0 saturated carbocycles. The molecule has 2 heteroatoms. The normalized spacial score (nSPS) is 29.1. The van der Waals surface area contributed by atoms with Crippen molar-refractivity contribution < 1.29 is 9.84 Å². The zero-order valence-corrected chi connectivity index (χ0v) is 8.15. The van der Waals surface area contributed by atoms with Gasteiger partial charge in [0.05, 0.1) is 12.2 Å². The largest absolute Gasteiger partial charge is 0.393 e. The highest BCUT2D eigenvalue weighted by molar-refractivity contribution is 5.08. The van der Waals surface area contributed by atoms with Gasteiger partial charge in [-0.25, -0.2) is 0 Å². The van der Waals surface area contributed by atoms with Gasteiger partial charge in [0.15, 0.2) is 0 Å². The summed E-state index contributed by atoms with van der Waals surface area (Å²) in [7, 11) is 0. The number of ether oxygens (including phenoxy) is 1. The Morgan fingerprint density at radius 3 is 3.00 bits per heavy atom. The first-order valence-electron chi connectivity index (χ1n) is 4.90. The van der Waals surface area contributed by atoms with E-state index < -0.39 is 0 Å². The van der Waals surface area contributed by atoms with Gasteiger partial charge in [-0.15, -0.1) is 0 Å². The first kappa shape index (κ1) is 10.5. The van der Waals surface area contributed by atoms with E-state index in [1.54, 1.807) is 6.08 Å². The summed E-state index contributed by atoms with van der Waals surface area (Å²) in [5.41, 5.74) is 0. The lowest BCUT2D eigenvalue weighted by Gasteiger charge is -2.04. The van der Waals surface area contributed by atoms with E-state index in [1.807, 2.05) is 19.1 Å². The SMILES string of the molecule is C=CC=CC1OC1CCC(O)CC. The maximum absolute atomic E-state index is 9.31. The summed E-state index contributed by atoms with van der Waals surface area (Å²) in [6, 6.07) is 0. The van der Waals surface area contributed by atoms with Gasteiger partial charge in [-0.05, 0) is 19.3 Å². The Kier molecular flexibility index (Phi) is 4.19. The molecule has 1 N–H and O–H groups in total. The molecule has 1 saturated heterocycles. The van der Waals surface area contributed by atoms with Gasteiger partial charge in [0.25, 0.3) is 0 Å². The molecule has 2 nitrogen and oxygen atoms in total. The van der Waals surface area contributed by atoms with E-state index in [4.69, 9.17) is 4.74 Å². The smallest absolute Gasteiger partial charge is 0.103 e. The Morgan fingerprint density at radius 2 is 2.38 bits per heavy atom. The van der Waals surface area contributed by atoms with Crippen LogP contribution >= 0.6 is 0 Å². The fourth-order valence-corrected chi connectivity index (χ4v) is 1.31. The van der Waals surface area contributed by atoms with Gasteiger partial charge in [-0.1, -0.05) is 31.7 Å². The van der Waals surface area contributed by atoms with Crippen LogP contribution in [-0.2, 0) is 4.74 Å². The van der Waals surface area contributed by atoms with Crippen LogP contribution in [0.25, 0.3) is 0 Å². The van der Waals surface area contributed by atoms with Crippen molar-refractivity contribution in [3.8, 4) is 0 Å². The van der Waals surface area contributed by atoms with Crippen LogP contribution in [0.3, 0.4) is 0 Å². The molecular formula is C11H18O2. The number of hydrogen-bond donors (Lipinski definition) is 1. The number of allylic oxidation sites excluding steroid dienone is 2. The van der Waals surface area contributed by atoms with Gasteiger partial charge < -0.3 is 9.84 Å². The quantitative estimate of drug-likeness (QED) is 0.503. The third kappa shape index (κ3) is 3.75. The molecule has 3 unspecified atom stereocenters. The molecule has 13 heavy (non-hydrogen) atoms. The first-order valence-corrected chi connectivity index (χ1v) is 4.90. The highest BCUT2D eigenvalue weighted by Gasteiger charge is 2.35. The second-order valence-electron chi connectivity index (χ2n) is 3.40. The van der Waals surface area contributed by atoms with Crippen LogP contribution < -0.4 is 0 Å². The fraction of sp³-hybridized carbons (Fsp3) is 0.636. The van der Waals surface area contributed by atoms with Gasteiger partial charge in [-0.3, -0.25) is 0 Å². The lowest BCUT2D eigenvalue weighted by Crippen LogP contribution is -2.06. The monoisotopic (exact) mass is 182 g/mol. The zero-order chi connectivity index (χ0) is 9.68. The van der Waals surface area contributed by atoms with Gasteiger partial charge in [0.2, 0.25) is 0 Å². The minimum Gasteiger partial charge on any atom is -0.393 e. The van der Waals surface area contributed by atoms with Crippen molar-refractivity contribution >= 4 is 0 Å². The summed E-state index contributed by atoms with van der Waals surface area (Å²) in [5, 5.41) is 9.31. The molecule has 0 aliphatic carbocycles. The van der Waals surface area contributed by atoms with E-state index in [0.29, 0.717) is 6.10 Å². The lowest BCUT2D eigenvalue weighted by molar-refractivity contribution is 0.153. The molecule has 1 rings (SSSR count). The zero-order valence-electron chi connectivity index (χ0n) is 8.15. The highest BCUT2D eigenvalue weighted by atomic mass is 16.6. The van der Waals surface area contributed by atoms with Gasteiger partial charge in [0.1, 0.15) is 6.10 Å². The molecule has 3 atom stereocenters. The second-order valence-corrected chi connectivity index (χ2v) is 3.40. The molecule has 1 aliphatic rings. The van der Waals surface area contributed by atoms with Crippen molar-refractivity contribution in [1.82, 2.24) is 0 Å². The Bertz CT molecular complexity index is 187. The van der Waals surface area contributed by atoms with Crippen LogP contribution in [-0.4, -0.2) is 23.4 Å². The molecule has 1 fully saturated rings. The molecule has 0 aromatic rings. The van der Waals surface area contributed by atoms with Crippen molar-refractivity contribution in [2.45, 2.75) is 44.5 Å². The van der Waals surface area contributed by atoms with Crippen LogP contribution in [0.1, 0.15) is 26.2 Å². The molecule has 74 valence electrons. The predicted molar refractivity (Wildman–Crippen MR) is 53.5 cm³/mol. The van der Waals surface area contributed by atoms with Gasteiger partial charge >= 0.3 is 0 Å². The average Bonchev–Trinajstić information content (AvgIpc) is 2.89. The lowest BCUT2D eigenvalue weighted by atomic mass is 10.1. The van der Waals surface area contributed by atoms with Crippen molar-refractivity contribution in [1.29, 1.82) is 0 Å². The van der Waals surface area contributed by atoms with Crippen LogP contribution in [0.4, 0.5) is 0 Å². The Hall–Kier alpha value is -0.600. The van der Waals surface area contributed by atoms with Crippen LogP contribution in [0.5, 0.6) is 0 Å². The van der Waals surface area contributed by atoms with Crippen molar-refractivity contribution in [2.24, 2.45) is 0 Å². The number of epoxide rings is 1. The van der Waals surface area contributed by atoms with Gasteiger partial charge in [-0.2, -0.15) is 0 Å². The van der Waals surface area contributed by atoms with Crippen molar-refractivity contribution in [3.05, 3.63) is 24.8 Å². The van der Waals surface area contributed by atoms with E-state index in [9.17, 15) is 5.11 Å². The predicted octanol–water partition coefficient (Wildman–Crippen LogP) is 2.05. The van der Waals surface area contributed by atoms with Crippen molar-refractivity contribution in [2.75, 3.05) is 0 Å². The third-order valence-electron chi connectivity index (χ3n) is 2.31. The van der Waals surface area contributed by atoms with E-state index >= 15 is 0 Å². The molecular weight excluding hydrogens is 164 g/mol. The number of aliphatic hydroxyl groups is 1. The summed E-state index contributed by atoms with van der Waals surface area (Å²) >= 11 is 0. The van der Waals surface area contributed by atoms with Crippen LogP contribution in [0.2, 0.25) is 0 Å². The molecule has 0 spiro atoms. The van der Waals surface area contributed by atoms with Crippen LogP contribution in [0.15, 0.2) is 24.8 Å². The molecule has 0 amide bonds. The maximum atomic E-state index is 9.31. The fourth-order valence-electron chi connectivity index (χ4n) is 1.31. The summed E-state index contributed by atoms with van der Waals surface area (Å²) in [5.74, 6) is 0. The second kappa shape index (κ2) is 5.20. The standard InChI is InChI=1S/C11H18O2/c1-3-5-6-10-11(13-10)8-7-9(12)4-2/h3,5-6,9-12H,1,4,7-8H2,2H3. The Morgan fingerprint density at radius 1 is 1.62 bits per heavy atom. The maximum Gasteiger partial charge on any atom is 0.103 e. The molecule has 0 radical (unpaired) electrons.